The Bertz CT molecular complexity index is 1370. The number of nitro benzene ring substituents is 1. The smallest absolute Gasteiger partial charge is 0.269 e. The van der Waals surface area contributed by atoms with Gasteiger partial charge in [-0.3, -0.25) is 29.9 Å². The normalized spacial score (nSPS) is 24.4. The number of fused-ring (bicyclic) bond motifs is 1. The molecular formula is C23H25Cl2N5O6S. The third-order valence-corrected chi connectivity index (χ3v) is 9.59. The summed E-state index contributed by atoms with van der Waals surface area (Å²) in [5.41, 5.74) is 6.39. The number of carbonyl (C=O) groups excluding carboxylic acids is 2. The fraction of sp³-hybridized carbons (Fsp3) is 0.391. The zero-order valence-corrected chi connectivity index (χ0v) is 22.3. The van der Waals surface area contributed by atoms with E-state index in [4.69, 9.17) is 28.9 Å². The highest BCUT2D eigenvalue weighted by atomic mass is 35.5. The van der Waals surface area contributed by atoms with E-state index in [-0.39, 0.29) is 40.1 Å². The van der Waals surface area contributed by atoms with E-state index in [1.54, 1.807) is 13.8 Å². The van der Waals surface area contributed by atoms with E-state index in [9.17, 15) is 28.1 Å². The van der Waals surface area contributed by atoms with Gasteiger partial charge in [-0.15, -0.1) is 0 Å². The summed E-state index contributed by atoms with van der Waals surface area (Å²) in [5.74, 6) is -1.18. The summed E-state index contributed by atoms with van der Waals surface area (Å²) in [6.07, 6.45) is -0.0915. The molecule has 2 aliphatic rings. The number of hydrogen-bond donors (Lipinski definition) is 2. The number of carbonyl (C=O) groups is 2. The Hall–Kier alpha value is -2.77. The average molecular weight is 570 g/mol. The number of nitrogens with zero attached hydrogens (tertiary/aromatic N) is 3. The fourth-order valence-electron chi connectivity index (χ4n) is 4.72. The molecule has 4 rings (SSSR count). The maximum atomic E-state index is 14.3. The molecule has 0 radical (unpaired) electrons. The summed E-state index contributed by atoms with van der Waals surface area (Å²) in [6.45, 7) is 2.97. The second kappa shape index (κ2) is 9.84. The molecule has 2 aromatic carbocycles. The van der Waals surface area contributed by atoms with Crippen LogP contribution in [-0.4, -0.2) is 71.2 Å². The maximum Gasteiger partial charge on any atom is 0.269 e. The number of amides is 2. The lowest BCUT2D eigenvalue weighted by atomic mass is 9.96. The number of nitrogens with two attached hydrogens (primary N) is 1. The molecule has 2 amide bonds. The molecule has 2 aliphatic heterocycles. The van der Waals surface area contributed by atoms with Crippen molar-refractivity contribution in [2.24, 2.45) is 5.73 Å². The van der Waals surface area contributed by atoms with Crippen LogP contribution >= 0.6 is 23.2 Å². The summed E-state index contributed by atoms with van der Waals surface area (Å²) in [5, 5.41) is 14.1. The van der Waals surface area contributed by atoms with Crippen LogP contribution < -0.4 is 11.1 Å². The number of rotatable bonds is 6. The average Bonchev–Trinajstić information content (AvgIpc) is 2.82. The van der Waals surface area contributed by atoms with Crippen LogP contribution in [0.5, 0.6) is 0 Å². The highest BCUT2D eigenvalue weighted by Gasteiger charge is 2.63. The molecule has 37 heavy (non-hydrogen) atoms. The van der Waals surface area contributed by atoms with Crippen LogP contribution in [0.15, 0.2) is 47.4 Å². The largest absolute Gasteiger partial charge is 0.334 e. The van der Waals surface area contributed by atoms with Crippen LogP contribution in [0.4, 0.5) is 5.69 Å². The number of halogens is 2. The zero-order chi connectivity index (χ0) is 27.3. The summed E-state index contributed by atoms with van der Waals surface area (Å²) in [7, 11) is -4.46. The number of nitro groups is 1. The predicted molar refractivity (Wildman–Crippen MR) is 137 cm³/mol. The van der Waals surface area contributed by atoms with Crippen LogP contribution in [0.2, 0.25) is 10.0 Å². The summed E-state index contributed by atoms with van der Waals surface area (Å²) < 4.78 is 28.6. The van der Waals surface area contributed by atoms with Gasteiger partial charge in [0, 0.05) is 36.2 Å². The minimum atomic E-state index is -4.46. The van der Waals surface area contributed by atoms with Crippen molar-refractivity contribution in [3.8, 4) is 0 Å². The van der Waals surface area contributed by atoms with Crippen molar-refractivity contribution in [2.45, 2.75) is 48.3 Å². The molecule has 2 saturated heterocycles. The Morgan fingerprint density at radius 1 is 1.16 bits per heavy atom. The van der Waals surface area contributed by atoms with Gasteiger partial charge in [0.2, 0.25) is 26.6 Å². The number of non-ortho nitro benzene ring substituents is 1. The Morgan fingerprint density at radius 2 is 1.81 bits per heavy atom. The lowest BCUT2D eigenvalue weighted by Crippen LogP contribution is -2.83. The summed E-state index contributed by atoms with van der Waals surface area (Å²) in [6, 6.07) is 6.65. The molecule has 3 unspecified atom stereocenters. The predicted octanol–water partition coefficient (Wildman–Crippen LogP) is 1.95. The van der Waals surface area contributed by atoms with Crippen LogP contribution in [-0.2, 0) is 25.8 Å². The number of benzene rings is 2. The van der Waals surface area contributed by atoms with Crippen LogP contribution in [0.1, 0.15) is 19.4 Å². The van der Waals surface area contributed by atoms with Crippen LogP contribution in [0.3, 0.4) is 0 Å². The molecule has 0 bridgehead atoms. The van der Waals surface area contributed by atoms with Gasteiger partial charge in [0.15, 0.2) is 0 Å². The molecule has 3 atom stereocenters. The maximum absolute atomic E-state index is 14.3. The number of piperazine rings is 1. The topological polar surface area (TPSA) is 156 Å². The molecule has 11 nitrogen and oxygen atoms in total. The van der Waals surface area contributed by atoms with Gasteiger partial charge < -0.3 is 10.6 Å². The molecule has 3 N–H and O–H groups in total. The van der Waals surface area contributed by atoms with Gasteiger partial charge in [-0.1, -0.05) is 35.3 Å². The van der Waals surface area contributed by atoms with Gasteiger partial charge in [0.1, 0.15) is 6.04 Å². The first-order valence-corrected chi connectivity index (χ1v) is 13.6. The van der Waals surface area contributed by atoms with E-state index in [1.807, 2.05) is 0 Å². The molecule has 0 aromatic heterocycles. The van der Waals surface area contributed by atoms with Crippen LogP contribution in [0, 0.1) is 10.1 Å². The fourth-order valence-corrected chi connectivity index (χ4v) is 7.42. The number of sulfone groups is 1. The minimum Gasteiger partial charge on any atom is -0.334 e. The quantitative estimate of drug-likeness (QED) is 0.394. The van der Waals surface area contributed by atoms with E-state index >= 15 is 0 Å². The van der Waals surface area contributed by atoms with E-state index in [0.717, 1.165) is 4.90 Å². The zero-order valence-electron chi connectivity index (χ0n) is 19.9. The van der Waals surface area contributed by atoms with Crippen molar-refractivity contribution in [1.82, 2.24) is 15.1 Å². The third-order valence-electron chi connectivity index (χ3n) is 6.63. The van der Waals surface area contributed by atoms with Gasteiger partial charge in [0.25, 0.3) is 5.69 Å². The summed E-state index contributed by atoms with van der Waals surface area (Å²) in [4.78, 5) is 37.8. The molecule has 0 spiro atoms. The third kappa shape index (κ3) is 4.57. The number of hydrogen-bond acceptors (Lipinski definition) is 8. The minimum absolute atomic E-state index is 0.0915. The van der Waals surface area contributed by atoms with Gasteiger partial charge >= 0.3 is 0 Å². The van der Waals surface area contributed by atoms with Crippen LogP contribution in [0.25, 0.3) is 0 Å². The van der Waals surface area contributed by atoms with Crippen molar-refractivity contribution in [2.75, 3.05) is 13.1 Å². The van der Waals surface area contributed by atoms with Crippen molar-refractivity contribution in [3.05, 3.63) is 68.2 Å². The van der Waals surface area contributed by atoms with Crippen molar-refractivity contribution >= 4 is 50.5 Å². The van der Waals surface area contributed by atoms with Crippen molar-refractivity contribution in [3.63, 3.8) is 0 Å². The van der Waals surface area contributed by atoms with Gasteiger partial charge in [-0.25, -0.2) is 8.42 Å². The van der Waals surface area contributed by atoms with E-state index in [2.05, 4.69) is 5.32 Å². The molecule has 0 saturated carbocycles. The first-order valence-electron chi connectivity index (χ1n) is 11.4. The SMILES string of the molecule is CC(C)N1CC2(S(=O)(=O)c3ccc(Cl)cc3Cl)NCC(N)C(=O)N2C(Cc2ccc([N+](=O)[O-])cc2)C1=O. The molecule has 14 heteroatoms. The Balaban J connectivity index is 1.89. The Labute approximate surface area is 223 Å². The standard InChI is InChI=1S/C23H25Cl2N5O6S/c1-13(2)28-12-23(37(35,36)20-8-5-15(24)10-17(20)25)27-11-18(26)21(31)29(23)19(22(28)32)9-14-3-6-16(7-4-14)30(33)34/h3-8,10,13,18-19,27H,9,11-12,26H2,1-2H3. The molecule has 0 aliphatic carbocycles. The van der Waals surface area contributed by atoms with Crippen molar-refractivity contribution in [1.29, 1.82) is 0 Å². The molecule has 2 aromatic rings. The lowest BCUT2D eigenvalue weighted by molar-refractivity contribution is -0.384. The monoisotopic (exact) mass is 569 g/mol. The van der Waals surface area contributed by atoms with Gasteiger partial charge in [-0.2, -0.15) is 0 Å². The van der Waals surface area contributed by atoms with E-state index < -0.39 is 49.7 Å². The molecular weight excluding hydrogens is 545 g/mol. The first-order chi connectivity index (χ1) is 17.3. The highest BCUT2D eigenvalue weighted by Crippen LogP contribution is 2.40. The molecule has 2 fully saturated rings. The van der Waals surface area contributed by atoms with Gasteiger partial charge in [-0.05, 0) is 37.6 Å². The Kier molecular flexibility index (Phi) is 7.25. The molecule has 198 valence electrons. The highest BCUT2D eigenvalue weighted by molar-refractivity contribution is 7.93. The first kappa shape index (κ1) is 27.3. The second-order valence-corrected chi connectivity index (χ2v) is 12.2. The lowest BCUT2D eigenvalue weighted by Gasteiger charge is -2.56. The van der Waals surface area contributed by atoms with Crippen molar-refractivity contribution < 1.29 is 22.9 Å². The summed E-state index contributed by atoms with van der Waals surface area (Å²) >= 11 is 12.3. The number of nitrogens with one attached hydrogen (secondary N) is 1. The second-order valence-electron chi connectivity index (χ2n) is 9.26. The van der Waals surface area contributed by atoms with Gasteiger partial charge in [0.05, 0.1) is 27.4 Å². The Morgan fingerprint density at radius 3 is 2.38 bits per heavy atom. The molecule has 2 heterocycles. The van der Waals surface area contributed by atoms with E-state index in [0.29, 0.717) is 5.56 Å². The van der Waals surface area contributed by atoms with E-state index in [1.165, 1.54) is 47.4 Å².